The molecule has 1 aliphatic heterocycles. The summed E-state index contributed by atoms with van der Waals surface area (Å²) in [5.74, 6) is -1.69. The number of aliphatic carboxylic acids is 1. The van der Waals surface area contributed by atoms with Crippen molar-refractivity contribution in [3.63, 3.8) is 0 Å². The van der Waals surface area contributed by atoms with Crippen LogP contribution < -0.4 is 5.73 Å². The molecule has 1 saturated heterocycles. The Morgan fingerprint density at radius 1 is 1.40 bits per heavy atom. The van der Waals surface area contributed by atoms with E-state index in [1.54, 1.807) is 0 Å². The van der Waals surface area contributed by atoms with Crippen molar-refractivity contribution in [1.82, 2.24) is 4.90 Å². The Balaban J connectivity index is 2.70. The predicted molar refractivity (Wildman–Crippen MR) is 70.7 cm³/mol. The fourth-order valence-corrected chi connectivity index (χ4v) is 3.95. The Hall–Kier alpha value is -1.19. The molecule has 0 aromatic rings. The number of hydrogen-bond donors (Lipinski definition) is 3. The second kappa shape index (κ2) is 7.00. The van der Waals surface area contributed by atoms with Crippen LogP contribution in [0.5, 0.6) is 0 Å². The van der Waals surface area contributed by atoms with Gasteiger partial charge in [0.15, 0.2) is 9.84 Å². The van der Waals surface area contributed by atoms with Gasteiger partial charge in [-0.05, 0) is 12.8 Å². The monoisotopic (exact) mass is 308 g/mol. The zero-order chi connectivity index (χ0) is 15.3. The summed E-state index contributed by atoms with van der Waals surface area (Å²) in [6, 6.07) is -1.49. The van der Waals surface area contributed by atoms with Crippen LogP contribution >= 0.6 is 0 Å². The van der Waals surface area contributed by atoms with Crippen LogP contribution in [0, 0.1) is 0 Å². The van der Waals surface area contributed by atoms with E-state index >= 15 is 0 Å². The van der Waals surface area contributed by atoms with Crippen molar-refractivity contribution in [2.75, 3.05) is 24.7 Å². The van der Waals surface area contributed by atoms with E-state index in [0.29, 0.717) is 6.42 Å². The fourth-order valence-electron chi connectivity index (χ4n) is 2.22. The Kier molecular flexibility index (Phi) is 5.90. The molecule has 0 radical (unpaired) electrons. The first-order valence-electron chi connectivity index (χ1n) is 6.36. The molecule has 0 aromatic carbocycles. The molecule has 0 bridgehead atoms. The molecule has 1 amide bonds. The third-order valence-electron chi connectivity index (χ3n) is 3.26. The third-order valence-corrected chi connectivity index (χ3v) is 5.01. The van der Waals surface area contributed by atoms with Crippen molar-refractivity contribution < 1.29 is 28.2 Å². The van der Waals surface area contributed by atoms with Crippen LogP contribution in [0.4, 0.5) is 0 Å². The Morgan fingerprint density at radius 2 is 2.05 bits per heavy atom. The van der Waals surface area contributed by atoms with Crippen molar-refractivity contribution >= 4 is 21.7 Å². The van der Waals surface area contributed by atoms with Gasteiger partial charge in [0.05, 0.1) is 24.2 Å². The van der Waals surface area contributed by atoms with E-state index < -0.39 is 33.8 Å². The summed E-state index contributed by atoms with van der Waals surface area (Å²) in [7, 11) is -3.15. The maximum Gasteiger partial charge on any atom is 0.303 e. The van der Waals surface area contributed by atoms with Crippen molar-refractivity contribution in [2.24, 2.45) is 5.73 Å². The van der Waals surface area contributed by atoms with Crippen LogP contribution in [0.1, 0.15) is 19.3 Å². The molecule has 8 nitrogen and oxygen atoms in total. The summed E-state index contributed by atoms with van der Waals surface area (Å²) in [6.45, 7) is -0.298. The summed E-state index contributed by atoms with van der Waals surface area (Å²) in [5.41, 5.74) is 5.65. The number of hydrogen-bond acceptors (Lipinski definition) is 6. The summed E-state index contributed by atoms with van der Waals surface area (Å²) < 4.78 is 22.9. The molecule has 1 rings (SSSR count). The molecule has 9 heteroatoms. The lowest BCUT2D eigenvalue weighted by molar-refractivity contribution is -0.138. The van der Waals surface area contributed by atoms with Gasteiger partial charge in [-0.15, -0.1) is 0 Å². The second-order valence-corrected chi connectivity index (χ2v) is 7.08. The van der Waals surface area contributed by atoms with Gasteiger partial charge >= 0.3 is 5.97 Å². The zero-order valence-corrected chi connectivity index (χ0v) is 11.9. The number of rotatable bonds is 7. The van der Waals surface area contributed by atoms with Crippen LogP contribution in [0.25, 0.3) is 0 Å². The van der Waals surface area contributed by atoms with E-state index in [0.717, 1.165) is 0 Å². The Labute approximate surface area is 117 Å². The number of aliphatic hydroxyl groups is 1. The molecule has 1 fully saturated rings. The SMILES string of the molecule is NC(CCC(=O)O)C(=O)N(CCO)C1CCS(=O)(=O)C1. The van der Waals surface area contributed by atoms with Gasteiger partial charge < -0.3 is 20.8 Å². The van der Waals surface area contributed by atoms with E-state index in [2.05, 4.69) is 0 Å². The van der Waals surface area contributed by atoms with Gasteiger partial charge in [0.1, 0.15) is 0 Å². The molecule has 20 heavy (non-hydrogen) atoms. The normalized spacial score (nSPS) is 22.4. The molecule has 0 spiro atoms. The van der Waals surface area contributed by atoms with Gasteiger partial charge in [0.25, 0.3) is 0 Å². The summed E-state index contributed by atoms with van der Waals surface area (Å²) in [4.78, 5) is 23.9. The average molecular weight is 308 g/mol. The molecule has 116 valence electrons. The third kappa shape index (κ3) is 4.73. The van der Waals surface area contributed by atoms with Gasteiger partial charge in [-0.3, -0.25) is 9.59 Å². The van der Waals surface area contributed by atoms with Crippen LogP contribution in [0.15, 0.2) is 0 Å². The topological polar surface area (TPSA) is 138 Å². The highest BCUT2D eigenvalue weighted by molar-refractivity contribution is 7.91. The molecule has 1 heterocycles. The highest BCUT2D eigenvalue weighted by atomic mass is 32.2. The smallest absolute Gasteiger partial charge is 0.303 e. The molecule has 0 aromatic heterocycles. The molecule has 4 N–H and O–H groups in total. The molecule has 2 unspecified atom stereocenters. The van der Waals surface area contributed by atoms with Gasteiger partial charge in [-0.2, -0.15) is 0 Å². The largest absolute Gasteiger partial charge is 0.481 e. The first-order valence-corrected chi connectivity index (χ1v) is 8.18. The first kappa shape index (κ1) is 16.9. The minimum absolute atomic E-state index is 0.000207. The Bertz CT molecular complexity index is 464. The quantitative estimate of drug-likeness (QED) is 0.503. The molecule has 0 aliphatic carbocycles. The number of carbonyl (C=O) groups is 2. The molecular weight excluding hydrogens is 288 g/mol. The number of aliphatic hydroxyl groups excluding tert-OH is 1. The maximum absolute atomic E-state index is 12.1. The zero-order valence-electron chi connectivity index (χ0n) is 11.1. The second-order valence-electron chi connectivity index (χ2n) is 4.85. The minimum atomic E-state index is -3.15. The Morgan fingerprint density at radius 3 is 2.50 bits per heavy atom. The van der Waals surface area contributed by atoms with Crippen molar-refractivity contribution in [3.8, 4) is 0 Å². The van der Waals surface area contributed by atoms with E-state index in [1.807, 2.05) is 0 Å². The van der Waals surface area contributed by atoms with Gasteiger partial charge in [-0.25, -0.2) is 8.42 Å². The lowest BCUT2D eigenvalue weighted by atomic mass is 10.1. The minimum Gasteiger partial charge on any atom is -0.481 e. The number of nitrogens with two attached hydrogens (primary N) is 1. The summed E-state index contributed by atoms with van der Waals surface area (Å²) in [5, 5.41) is 17.6. The molecular formula is C11H20N2O6S. The lowest BCUT2D eigenvalue weighted by Gasteiger charge is -2.29. The summed E-state index contributed by atoms with van der Waals surface area (Å²) in [6.07, 6.45) is 0.0676. The number of amides is 1. The highest BCUT2D eigenvalue weighted by Crippen LogP contribution is 2.18. The molecule has 2 atom stereocenters. The predicted octanol–water partition coefficient (Wildman–Crippen LogP) is -1.81. The number of carbonyl (C=O) groups excluding carboxylic acids is 1. The van der Waals surface area contributed by atoms with Crippen LogP contribution in [0.3, 0.4) is 0 Å². The number of carboxylic acid groups (broad SMARTS) is 1. The van der Waals surface area contributed by atoms with Gasteiger partial charge in [0, 0.05) is 19.0 Å². The number of carboxylic acids is 1. The van der Waals surface area contributed by atoms with Crippen LogP contribution in [0.2, 0.25) is 0 Å². The van der Waals surface area contributed by atoms with Crippen LogP contribution in [-0.4, -0.2) is 72.1 Å². The van der Waals surface area contributed by atoms with Gasteiger partial charge in [0.2, 0.25) is 5.91 Å². The fraction of sp³-hybridized carbons (Fsp3) is 0.818. The van der Waals surface area contributed by atoms with Crippen molar-refractivity contribution in [1.29, 1.82) is 0 Å². The van der Waals surface area contributed by atoms with E-state index in [4.69, 9.17) is 15.9 Å². The lowest BCUT2D eigenvalue weighted by Crippen LogP contribution is -2.50. The average Bonchev–Trinajstić information content (AvgIpc) is 2.72. The highest BCUT2D eigenvalue weighted by Gasteiger charge is 2.35. The maximum atomic E-state index is 12.1. The van der Waals surface area contributed by atoms with Crippen LogP contribution in [-0.2, 0) is 19.4 Å². The van der Waals surface area contributed by atoms with E-state index in [-0.39, 0.29) is 37.5 Å². The van der Waals surface area contributed by atoms with E-state index in [1.165, 1.54) is 4.90 Å². The molecule has 0 saturated carbocycles. The van der Waals surface area contributed by atoms with Crippen molar-refractivity contribution in [3.05, 3.63) is 0 Å². The molecule has 1 aliphatic rings. The number of nitrogens with zero attached hydrogens (tertiary/aromatic N) is 1. The summed E-state index contributed by atoms with van der Waals surface area (Å²) >= 11 is 0. The first-order chi connectivity index (χ1) is 9.26. The van der Waals surface area contributed by atoms with Crippen molar-refractivity contribution in [2.45, 2.75) is 31.3 Å². The number of sulfone groups is 1. The van der Waals surface area contributed by atoms with Gasteiger partial charge in [-0.1, -0.05) is 0 Å². The standard InChI is InChI=1S/C11H20N2O6S/c12-9(1-2-10(15)16)11(17)13(4-5-14)8-3-6-20(18,19)7-8/h8-9,14H,1-7,12H2,(H,15,16). The van der Waals surface area contributed by atoms with E-state index in [9.17, 15) is 18.0 Å².